The van der Waals surface area contributed by atoms with Crippen LogP contribution in [-0.2, 0) is 6.42 Å². The van der Waals surface area contributed by atoms with Crippen LogP contribution in [0.4, 0.5) is 0 Å². The van der Waals surface area contributed by atoms with E-state index in [1.165, 1.54) is 11.3 Å². The highest BCUT2D eigenvalue weighted by Gasteiger charge is 2.24. The van der Waals surface area contributed by atoms with Crippen LogP contribution in [0.1, 0.15) is 51.5 Å². The van der Waals surface area contributed by atoms with Crippen molar-refractivity contribution in [2.45, 2.75) is 32.7 Å². The van der Waals surface area contributed by atoms with Gasteiger partial charge in [-0.15, -0.1) is 10.2 Å². The van der Waals surface area contributed by atoms with Crippen molar-refractivity contribution in [2.24, 2.45) is 0 Å². The Bertz CT molecular complexity index is 815. The fourth-order valence-corrected chi connectivity index (χ4v) is 2.82. The van der Waals surface area contributed by atoms with Gasteiger partial charge in [0, 0.05) is 6.42 Å². The van der Waals surface area contributed by atoms with Gasteiger partial charge in [-0.05, 0) is 18.9 Å². The molecule has 3 aromatic rings. The van der Waals surface area contributed by atoms with Crippen LogP contribution in [0.5, 0.6) is 0 Å². The van der Waals surface area contributed by atoms with Gasteiger partial charge < -0.3 is 9.84 Å². The summed E-state index contributed by atoms with van der Waals surface area (Å²) >= 11 is 1.24. The molecule has 1 N–H and O–H groups in total. The van der Waals surface area contributed by atoms with E-state index in [4.69, 9.17) is 4.52 Å². The number of benzene rings is 1. The molecule has 0 aliphatic heterocycles. The Morgan fingerprint density at radius 1 is 1.29 bits per heavy atom. The smallest absolute Gasteiger partial charge is 0.283 e. The number of amides is 1. The highest BCUT2D eigenvalue weighted by molar-refractivity contribution is 7.13. The summed E-state index contributed by atoms with van der Waals surface area (Å²) in [7, 11) is 0. The molecular formula is C16H17N5O2S. The van der Waals surface area contributed by atoms with E-state index in [-0.39, 0.29) is 5.91 Å². The summed E-state index contributed by atoms with van der Waals surface area (Å²) < 4.78 is 5.26. The summed E-state index contributed by atoms with van der Waals surface area (Å²) in [5.41, 5.74) is 0.871. The van der Waals surface area contributed by atoms with Crippen molar-refractivity contribution in [3.05, 3.63) is 57.6 Å². The number of carbonyl (C=O) groups is 1. The van der Waals surface area contributed by atoms with Crippen LogP contribution < -0.4 is 5.32 Å². The first-order chi connectivity index (χ1) is 11.7. The summed E-state index contributed by atoms with van der Waals surface area (Å²) in [6.07, 6.45) is 1.62. The van der Waals surface area contributed by atoms with E-state index in [1.807, 2.05) is 37.3 Å². The van der Waals surface area contributed by atoms with Crippen molar-refractivity contribution >= 4 is 17.2 Å². The predicted octanol–water partition coefficient (Wildman–Crippen LogP) is 2.70. The number of aryl methyl sites for hydroxylation is 2. The first-order valence-corrected chi connectivity index (χ1v) is 8.47. The molecule has 0 radical (unpaired) electrons. The van der Waals surface area contributed by atoms with Gasteiger partial charge in [0.15, 0.2) is 5.82 Å². The molecule has 2 aromatic heterocycles. The molecule has 1 atom stereocenters. The Labute approximate surface area is 143 Å². The zero-order chi connectivity index (χ0) is 16.9. The second kappa shape index (κ2) is 7.31. The van der Waals surface area contributed by atoms with E-state index in [0.29, 0.717) is 23.1 Å². The van der Waals surface area contributed by atoms with Crippen molar-refractivity contribution < 1.29 is 9.32 Å². The standard InChI is InChI=1S/C16H17N5O2S/c1-3-7-12-17-14(21-23-12)13(11-8-5-4-6-9-11)18-15(22)16-20-19-10(2)24-16/h4-6,8-9,13H,3,7H2,1-2H3,(H,18,22)/t13-/m0/s1. The molecule has 24 heavy (non-hydrogen) atoms. The zero-order valence-corrected chi connectivity index (χ0v) is 14.2. The zero-order valence-electron chi connectivity index (χ0n) is 13.4. The molecular weight excluding hydrogens is 326 g/mol. The highest BCUT2D eigenvalue weighted by atomic mass is 32.1. The summed E-state index contributed by atoms with van der Waals surface area (Å²) in [5, 5.41) is 15.8. The number of rotatable bonds is 6. The van der Waals surface area contributed by atoms with Crippen LogP contribution in [0.3, 0.4) is 0 Å². The van der Waals surface area contributed by atoms with Crippen LogP contribution in [0, 0.1) is 6.92 Å². The molecule has 7 nitrogen and oxygen atoms in total. The number of nitrogens with one attached hydrogen (secondary N) is 1. The molecule has 124 valence electrons. The Balaban J connectivity index is 1.88. The summed E-state index contributed by atoms with van der Waals surface area (Å²) in [4.78, 5) is 16.9. The largest absolute Gasteiger partial charge is 0.339 e. The molecule has 0 fully saturated rings. The van der Waals surface area contributed by atoms with Gasteiger partial charge in [0.1, 0.15) is 11.0 Å². The van der Waals surface area contributed by atoms with Gasteiger partial charge in [-0.25, -0.2) is 0 Å². The molecule has 0 aliphatic rings. The second-order valence-corrected chi connectivity index (χ2v) is 6.42. The number of aromatic nitrogens is 4. The maximum absolute atomic E-state index is 12.5. The molecule has 8 heteroatoms. The summed E-state index contributed by atoms with van der Waals surface area (Å²) in [5.74, 6) is 0.685. The Morgan fingerprint density at radius 3 is 2.75 bits per heavy atom. The molecule has 0 aliphatic carbocycles. The highest BCUT2D eigenvalue weighted by Crippen LogP contribution is 2.21. The number of nitrogens with zero attached hydrogens (tertiary/aromatic N) is 4. The lowest BCUT2D eigenvalue weighted by molar-refractivity contribution is 0.0940. The Hall–Kier alpha value is -2.61. The molecule has 0 saturated heterocycles. The summed E-state index contributed by atoms with van der Waals surface area (Å²) in [6, 6.07) is 9.03. The lowest BCUT2D eigenvalue weighted by atomic mass is 10.1. The van der Waals surface area contributed by atoms with Gasteiger partial charge >= 0.3 is 0 Å². The van der Waals surface area contributed by atoms with Gasteiger partial charge in [-0.3, -0.25) is 4.79 Å². The molecule has 2 heterocycles. The molecule has 0 saturated carbocycles. The second-order valence-electron chi connectivity index (χ2n) is 5.24. The van der Waals surface area contributed by atoms with E-state index in [0.717, 1.165) is 17.0 Å². The van der Waals surface area contributed by atoms with Gasteiger partial charge in [-0.2, -0.15) is 4.98 Å². The van der Waals surface area contributed by atoms with Crippen molar-refractivity contribution in [3.8, 4) is 0 Å². The first-order valence-electron chi connectivity index (χ1n) is 7.65. The first kappa shape index (κ1) is 16.3. The fourth-order valence-electron chi connectivity index (χ4n) is 2.22. The van der Waals surface area contributed by atoms with Crippen LogP contribution in [-0.4, -0.2) is 26.2 Å². The Morgan fingerprint density at radius 2 is 2.08 bits per heavy atom. The molecule has 1 aromatic carbocycles. The van der Waals surface area contributed by atoms with Gasteiger partial charge in [0.2, 0.25) is 10.9 Å². The predicted molar refractivity (Wildman–Crippen MR) is 88.7 cm³/mol. The Kier molecular flexibility index (Phi) is 4.95. The molecule has 1 amide bonds. The topological polar surface area (TPSA) is 93.8 Å². The van der Waals surface area contributed by atoms with Crippen molar-refractivity contribution in [1.29, 1.82) is 0 Å². The van der Waals surface area contributed by atoms with Crippen molar-refractivity contribution in [3.63, 3.8) is 0 Å². The van der Waals surface area contributed by atoms with Crippen molar-refractivity contribution in [1.82, 2.24) is 25.7 Å². The minimum atomic E-state index is -0.503. The quantitative estimate of drug-likeness (QED) is 0.739. The summed E-state index contributed by atoms with van der Waals surface area (Å²) in [6.45, 7) is 3.84. The van der Waals surface area contributed by atoms with Gasteiger partial charge in [0.05, 0.1) is 0 Å². The third-order valence-electron chi connectivity index (χ3n) is 3.33. The van der Waals surface area contributed by atoms with Crippen LogP contribution >= 0.6 is 11.3 Å². The lowest BCUT2D eigenvalue weighted by Gasteiger charge is -2.14. The molecule has 3 rings (SSSR count). The minimum absolute atomic E-state index is 0.309. The van der Waals surface area contributed by atoms with Crippen LogP contribution in [0.25, 0.3) is 0 Å². The fraction of sp³-hybridized carbons (Fsp3) is 0.312. The van der Waals surface area contributed by atoms with E-state index in [1.54, 1.807) is 6.92 Å². The molecule has 0 unspecified atom stereocenters. The number of hydrogen-bond donors (Lipinski definition) is 1. The monoisotopic (exact) mass is 343 g/mol. The average Bonchev–Trinajstić information content (AvgIpc) is 3.23. The number of hydrogen-bond acceptors (Lipinski definition) is 7. The SMILES string of the molecule is CCCc1nc([C@@H](NC(=O)c2nnc(C)s2)c2ccccc2)no1. The third-order valence-corrected chi connectivity index (χ3v) is 4.17. The van der Waals surface area contributed by atoms with Crippen LogP contribution in [0.2, 0.25) is 0 Å². The molecule has 0 spiro atoms. The maximum Gasteiger partial charge on any atom is 0.283 e. The van der Waals surface area contributed by atoms with Crippen LogP contribution in [0.15, 0.2) is 34.9 Å². The van der Waals surface area contributed by atoms with E-state index < -0.39 is 6.04 Å². The van der Waals surface area contributed by atoms with Crippen molar-refractivity contribution in [2.75, 3.05) is 0 Å². The number of carbonyl (C=O) groups excluding carboxylic acids is 1. The van der Waals surface area contributed by atoms with E-state index in [2.05, 4.69) is 25.7 Å². The third kappa shape index (κ3) is 3.65. The van der Waals surface area contributed by atoms with E-state index >= 15 is 0 Å². The molecule has 0 bridgehead atoms. The van der Waals surface area contributed by atoms with Gasteiger partial charge in [-0.1, -0.05) is 53.7 Å². The maximum atomic E-state index is 12.5. The van der Waals surface area contributed by atoms with Gasteiger partial charge in [0.25, 0.3) is 5.91 Å². The normalized spacial score (nSPS) is 12.1. The lowest BCUT2D eigenvalue weighted by Crippen LogP contribution is -2.30. The minimum Gasteiger partial charge on any atom is -0.339 e. The average molecular weight is 343 g/mol. The van der Waals surface area contributed by atoms with E-state index in [9.17, 15) is 4.79 Å².